The Hall–Kier alpha value is -1.61. The third-order valence-electron chi connectivity index (χ3n) is 3.18. The summed E-state index contributed by atoms with van der Waals surface area (Å²) in [6.07, 6.45) is 2.53. The van der Waals surface area contributed by atoms with Crippen molar-refractivity contribution in [3.8, 4) is 0 Å². The number of hydrogen-bond acceptors (Lipinski definition) is 3. The highest BCUT2D eigenvalue weighted by Gasteiger charge is 2.25. The third kappa shape index (κ3) is 1.51. The minimum atomic E-state index is 0.0836. The van der Waals surface area contributed by atoms with E-state index in [1.54, 1.807) is 17.4 Å². The van der Waals surface area contributed by atoms with E-state index in [0.717, 1.165) is 22.9 Å². The zero-order valence-corrected chi connectivity index (χ0v) is 11.3. The standard InChI is InChI=1S/C15H14O2S/c1-3-12-15-10(16)8-11(17-4-2)9-6-5-7-13(18-12)14(9)15/h5-8H,3-4H2,1-2H3. The fraction of sp³-hybridized carbons (Fsp3) is 0.267. The molecule has 0 saturated heterocycles. The normalized spacial score (nSPS) is 13.9. The van der Waals surface area contributed by atoms with E-state index in [-0.39, 0.29) is 5.78 Å². The summed E-state index contributed by atoms with van der Waals surface area (Å²) < 4.78 is 6.77. The van der Waals surface area contributed by atoms with Crippen LogP contribution in [0, 0.1) is 0 Å². The summed E-state index contributed by atoms with van der Waals surface area (Å²) in [5, 5.41) is 1.08. The molecule has 0 saturated carbocycles. The summed E-state index contributed by atoms with van der Waals surface area (Å²) in [7, 11) is 0. The van der Waals surface area contributed by atoms with Gasteiger partial charge in [0.05, 0.1) is 6.61 Å². The van der Waals surface area contributed by atoms with E-state index in [4.69, 9.17) is 4.74 Å². The summed E-state index contributed by atoms with van der Waals surface area (Å²) in [4.78, 5) is 13.4. The molecular formula is C15H14O2S. The molecular weight excluding hydrogens is 244 g/mol. The number of ketones is 1. The van der Waals surface area contributed by atoms with Crippen LogP contribution < -0.4 is 0 Å². The number of benzene rings is 1. The molecule has 3 heteroatoms. The van der Waals surface area contributed by atoms with E-state index < -0.39 is 0 Å². The number of ether oxygens (including phenoxy) is 1. The molecule has 1 aromatic carbocycles. The highest BCUT2D eigenvalue weighted by atomic mass is 32.1. The first-order valence-electron chi connectivity index (χ1n) is 6.19. The summed E-state index contributed by atoms with van der Waals surface area (Å²) in [6, 6.07) is 6.14. The summed E-state index contributed by atoms with van der Waals surface area (Å²) >= 11 is 1.72. The van der Waals surface area contributed by atoms with Crippen molar-refractivity contribution in [2.45, 2.75) is 20.3 Å². The van der Waals surface area contributed by atoms with Crippen molar-refractivity contribution >= 4 is 33.0 Å². The molecule has 0 radical (unpaired) electrons. The smallest absolute Gasteiger partial charge is 0.191 e. The van der Waals surface area contributed by atoms with Crippen molar-refractivity contribution in [3.05, 3.63) is 40.3 Å². The lowest BCUT2D eigenvalue weighted by atomic mass is 9.94. The van der Waals surface area contributed by atoms with Gasteiger partial charge in [0.15, 0.2) is 5.78 Å². The molecule has 92 valence electrons. The predicted molar refractivity (Wildman–Crippen MR) is 75.1 cm³/mol. The number of aryl methyl sites for hydroxylation is 1. The molecule has 0 N–H and O–H groups in total. The molecule has 0 amide bonds. The van der Waals surface area contributed by atoms with E-state index in [9.17, 15) is 4.79 Å². The van der Waals surface area contributed by atoms with Crippen molar-refractivity contribution in [2.75, 3.05) is 6.61 Å². The van der Waals surface area contributed by atoms with Crippen LogP contribution in [0.1, 0.15) is 34.6 Å². The Balaban J connectivity index is 2.34. The lowest BCUT2D eigenvalue weighted by Crippen LogP contribution is -2.07. The molecule has 1 heterocycles. The fourth-order valence-corrected chi connectivity index (χ4v) is 3.63. The van der Waals surface area contributed by atoms with Crippen molar-refractivity contribution in [1.82, 2.24) is 0 Å². The third-order valence-corrected chi connectivity index (χ3v) is 4.48. The molecule has 1 aromatic heterocycles. The fourth-order valence-electron chi connectivity index (χ4n) is 2.46. The molecule has 0 fully saturated rings. The van der Waals surface area contributed by atoms with Gasteiger partial charge < -0.3 is 4.74 Å². The number of carbonyl (C=O) groups is 1. The first-order valence-corrected chi connectivity index (χ1v) is 7.01. The van der Waals surface area contributed by atoms with Gasteiger partial charge in [-0.2, -0.15) is 0 Å². The number of allylic oxidation sites excluding steroid dienone is 1. The van der Waals surface area contributed by atoms with Gasteiger partial charge in [-0.1, -0.05) is 19.1 Å². The molecule has 0 atom stereocenters. The van der Waals surface area contributed by atoms with Gasteiger partial charge in [0, 0.05) is 32.2 Å². The molecule has 0 unspecified atom stereocenters. The molecule has 3 rings (SSSR count). The quantitative estimate of drug-likeness (QED) is 0.830. The Kier molecular flexibility index (Phi) is 2.71. The van der Waals surface area contributed by atoms with Crippen LogP contribution in [0.3, 0.4) is 0 Å². The van der Waals surface area contributed by atoms with Gasteiger partial charge >= 0.3 is 0 Å². The predicted octanol–water partition coefficient (Wildman–Crippen LogP) is 4.04. The van der Waals surface area contributed by atoms with Crippen molar-refractivity contribution in [1.29, 1.82) is 0 Å². The Morgan fingerprint density at radius 1 is 1.28 bits per heavy atom. The molecule has 2 nitrogen and oxygen atoms in total. The molecule has 2 aromatic rings. The Morgan fingerprint density at radius 2 is 2.11 bits per heavy atom. The van der Waals surface area contributed by atoms with E-state index in [1.807, 2.05) is 19.1 Å². The van der Waals surface area contributed by atoms with E-state index in [2.05, 4.69) is 13.0 Å². The molecule has 0 aliphatic heterocycles. The second-order valence-electron chi connectivity index (χ2n) is 4.24. The summed E-state index contributed by atoms with van der Waals surface area (Å²) in [5.74, 6) is 0.793. The maximum absolute atomic E-state index is 12.2. The lowest BCUT2D eigenvalue weighted by molar-refractivity contribution is 0.104. The van der Waals surface area contributed by atoms with Gasteiger partial charge in [0.1, 0.15) is 5.76 Å². The highest BCUT2D eigenvalue weighted by molar-refractivity contribution is 7.19. The number of hydrogen-bond donors (Lipinski definition) is 0. The molecule has 1 aliphatic carbocycles. The molecule has 0 bridgehead atoms. The van der Waals surface area contributed by atoms with Crippen LogP contribution in [-0.2, 0) is 11.2 Å². The van der Waals surface area contributed by atoms with E-state index in [0.29, 0.717) is 12.4 Å². The van der Waals surface area contributed by atoms with Gasteiger partial charge in [-0.15, -0.1) is 11.3 Å². The maximum Gasteiger partial charge on any atom is 0.191 e. The first-order chi connectivity index (χ1) is 8.76. The van der Waals surface area contributed by atoms with Crippen molar-refractivity contribution in [3.63, 3.8) is 0 Å². The van der Waals surface area contributed by atoms with Crippen LogP contribution in [0.25, 0.3) is 15.8 Å². The summed E-state index contributed by atoms with van der Waals surface area (Å²) in [5.41, 5.74) is 1.94. The lowest BCUT2D eigenvalue weighted by Gasteiger charge is -2.15. The van der Waals surface area contributed by atoms with Crippen LogP contribution in [0.15, 0.2) is 24.3 Å². The van der Waals surface area contributed by atoms with E-state index >= 15 is 0 Å². The van der Waals surface area contributed by atoms with Gasteiger partial charge in [-0.25, -0.2) is 0 Å². The van der Waals surface area contributed by atoms with Crippen LogP contribution in [0.2, 0.25) is 0 Å². The largest absolute Gasteiger partial charge is 0.493 e. The minimum absolute atomic E-state index is 0.0836. The topological polar surface area (TPSA) is 26.3 Å². The zero-order valence-electron chi connectivity index (χ0n) is 10.4. The molecule has 1 aliphatic rings. The number of rotatable bonds is 3. The van der Waals surface area contributed by atoms with Gasteiger partial charge in [0.2, 0.25) is 0 Å². The van der Waals surface area contributed by atoms with Crippen LogP contribution in [0.4, 0.5) is 0 Å². The molecule has 0 spiro atoms. The van der Waals surface area contributed by atoms with Crippen LogP contribution >= 0.6 is 11.3 Å². The van der Waals surface area contributed by atoms with E-state index in [1.165, 1.54) is 9.58 Å². The average Bonchev–Trinajstić information content (AvgIpc) is 2.75. The summed E-state index contributed by atoms with van der Waals surface area (Å²) in [6.45, 7) is 4.61. The van der Waals surface area contributed by atoms with Gasteiger partial charge in [-0.05, 0) is 19.4 Å². The first kappa shape index (κ1) is 11.5. The number of thiophene rings is 1. The van der Waals surface area contributed by atoms with Crippen LogP contribution in [0.5, 0.6) is 0 Å². The Bertz CT molecular complexity index is 664. The van der Waals surface area contributed by atoms with Gasteiger partial charge in [-0.3, -0.25) is 4.79 Å². The molecule has 18 heavy (non-hydrogen) atoms. The Labute approximate surface area is 110 Å². The second kappa shape index (κ2) is 4.25. The zero-order chi connectivity index (χ0) is 12.7. The SMILES string of the molecule is CCOC1=CC(=O)c2c(CC)sc3cccc1c23. The number of carbonyl (C=O) groups excluding carboxylic acids is 1. The van der Waals surface area contributed by atoms with Crippen LogP contribution in [-0.4, -0.2) is 12.4 Å². The minimum Gasteiger partial charge on any atom is -0.493 e. The Morgan fingerprint density at radius 3 is 2.83 bits per heavy atom. The van der Waals surface area contributed by atoms with Crippen molar-refractivity contribution in [2.24, 2.45) is 0 Å². The monoisotopic (exact) mass is 258 g/mol. The maximum atomic E-state index is 12.2. The van der Waals surface area contributed by atoms with Gasteiger partial charge in [0.25, 0.3) is 0 Å². The highest BCUT2D eigenvalue weighted by Crippen LogP contribution is 2.40. The average molecular weight is 258 g/mol. The van der Waals surface area contributed by atoms with Crippen molar-refractivity contribution < 1.29 is 9.53 Å². The second-order valence-corrected chi connectivity index (χ2v) is 5.38.